The van der Waals surface area contributed by atoms with Crippen LogP contribution < -0.4 is 15.4 Å². The third kappa shape index (κ3) is 6.58. The SMILES string of the molecule is Cc1nc(COc2cccc(/C=C/C(=O)Nc3ccc(C(=O)Nc4nccs4)cc3)c2)cs1. The number of benzene rings is 2. The van der Waals surface area contributed by atoms with Crippen LogP contribution in [0.15, 0.2) is 71.6 Å². The Bertz CT molecular complexity index is 1270. The summed E-state index contributed by atoms with van der Waals surface area (Å²) in [5.74, 6) is 0.170. The van der Waals surface area contributed by atoms with E-state index in [-0.39, 0.29) is 11.8 Å². The average Bonchev–Trinajstić information content (AvgIpc) is 3.48. The van der Waals surface area contributed by atoms with Gasteiger partial charge in [-0.1, -0.05) is 12.1 Å². The van der Waals surface area contributed by atoms with Crippen molar-refractivity contribution >= 4 is 51.4 Å². The normalized spacial score (nSPS) is 10.8. The van der Waals surface area contributed by atoms with Gasteiger partial charge in [-0.25, -0.2) is 9.97 Å². The number of carbonyl (C=O) groups excluding carboxylic acids is 2. The van der Waals surface area contributed by atoms with Gasteiger partial charge in [0.1, 0.15) is 12.4 Å². The third-order valence-electron chi connectivity index (χ3n) is 4.41. The number of nitrogens with one attached hydrogen (secondary N) is 2. The van der Waals surface area contributed by atoms with Crippen molar-refractivity contribution in [2.75, 3.05) is 10.6 Å². The largest absolute Gasteiger partial charge is 0.487 e. The van der Waals surface area contributed by atoms with Crippen molar-refractivity contribution in [1.82, 2.24) is 9.97 Å². The summed E-state index contributed by atoms with van der Waals surface area (Å²) in [5.41, 5.74) is 2.80. The Kier molecular flexibility index (Phi) is 7.23. The fourth-order valence-electron chi connectivity index (χ4n) is 2.86. The molecule has 0 spiro atoms. The quantitative estimate of drug-likeness (QED) is 0.333. The van der Waals surface area contributed by atoms with Crippen LogP contribution in [0.4, 0.5) is 10.8 Å². The second kappa shape index (κ2) is 10.7. The maximum Gasteiger partial charge on any atom is 0.257 e. The fraction of sp³-hybridized carbons (Fsp3) is 0.0833. The minimum atomic E-state index is -0.278. The molecule has 9 heteroatoms. The van der Waals surface area contributed by atoms with Crippen molar-refractivity contribution in [3.05, 3.63) is 93.4 Å². The van der Waals surface area contributed by atoms with Gasteiger partial charge in [-0.2, -0.15) is 0 Å². The molecule has 33 heavy (non-hydrogen) atoms. The molecule has 0 saturated carbocycles. The maximum absolute atomic E-state index is 12.3. The molecule has 0 unspecified atom stereocenters. The van der Waals surface area contributed by atoms with E-state index < -0.39 is 0 Å². The van der Waals surface area contributed by atoms with Gasteiger partial charge in [-0.15, -0.1) is 22.7 Å². The Balaban J connectivity index is 1.30. The molecule has 0 aliphatic rings. The molecule has 0 bridgehead atoms. The number of carbonyl (C=O) groups is 2. The van der Waals surface area contributed by atoms with Crippen molar-refractivity contribution in [1.29, 1.82) is 0 Å². The second-order valence-corrected chi connectivity index (χ2v) is 8.87. The molecule has 0 fully saturated rings. The Morgan fingerprint density at radius 1 is 1.09 bits per heavy atom. The third-order valence-corrected chi connectivity index (χ3v) is 5.92. The van der Waals surface area contributed by atoms with Gasteiger partial charge in [0.25, 0.3) is 5.91 Å². The van der Waals surface area contributed by atoms with Crippen LogP contribution in [0.2, 0.25) is 0 Å². The van der Waals surface area contributed by atoms with E-state index in [2.05, 4.69) is 20.6 Å². The van der Waals surface area contributed by atoms with Gasteiger partial charge >= 0.3 is 0 Å². The van der Waals surface area contributed by atoms with Crippen LogP contribution in [-0.4, -0.2) is 21.8 Å². The lowest BCUT2D eigenvalue weighted by molar-refractivity contribution is -0.111. The first-order valence-electron chi connectivity index (χ1n) is 9.99. The highest BCUT2D eigenvalue weighted by molar-refractivity contribution is 7.13. The van der Waals surface area contributed by atoms with Crippen molar-refractivity contribution in [3.8, 4) is 5.75 Å². The lowest BCUT2D eigenvalue weighted by Crippen LogP contribution is -2.12. The molecule has 7 nitrogen and oxygen atoms in total. The molecular formula is C24H20N4O3S2. The molecule has 2 N–H and O–H groups in total. The summed E-state index contributed by atoms with van der Waals surface area (Å²) in [6.45, 7) is 2.36. The maximum atomic E-state index is 12.3. The van der Waals surface area contributed by atoms with Crippen LogP contribution in [0.1, 0.15) is 26.6 Å². The predicted molar refractivity (Wildman–Crippen MR) is 132 cm³/mol. The van der Waals surface area contributed by atoms with Crippen molar-refractivity contribution < 1.29 is 14.3 Å². The molecule has 0 saturated heterocycles. The molecule has 2 aromatic heterocycles. The first-order chi connectivity index (χ1) is 16.0. The van der Waals surface area contributed by atoms with Crippen LogP contribution in [0.3, 0.4) is 0 Å². The van der Waals surface area contributed by atoms with E-state index in [0.717, 1.165) is 16.3 Å². The number of aryl methyl sites for hydroxylation is 1. The monoisotopic (exact) mass is 476 g/mol. The number of ether oxygens (including phenoxy) is 1. The highest BCUT2D eigenvalue weighted by Gasteiger charge is 2.08. The minimum absolute atomic E-state index is 0.255. The summed E-state index contributed by atoms with van der Waals surface area (Å²) in [6, 6.07) is 14.1. The molecule has 0 aliphatic heterocycles. The molecule has 2 heterocycles. The second-order valence-electron chi connectivity index (χ2n) is 6.91. The number of rotatable bonds is 8. The molecule has 0 aliphatic carbocycles. The zero-order valence-electron chi connectivity index (χ0n) is 17.6. The molecule has 166 valence electrons. The number of anilines is 2. The molecule has 0 radical (unpaired) electrons. The van der Waals surface area contributed by atoms with Gasteiger partial charge in [-0.3, -0.25) is 14.9 Å². The van der Waals surface area contributed by atoms with Gasteiger partial charge in [0, 0.05) is 34.3 Å². The minimum Gasteiger partial charge on any atom is -0.487 e. The molecule has 2 amide bonds. The van der Waals surface area contributed by atoms with E-state index in [4.69, 9.17) is 4.74 Å². The predicted octanol–water partition coefficient (Wildman–Crippen LogP) is 5.39. The topological polar surface area (TPSA) is 93.2 Å². The Labute approximate surface area is 198 Å². The van der Waals surface area contributed by atoms with E-state index in [1.165, 1.54) is 17.4 Å². The zero-order valence-corrected chi connectivity index (χ0v) is 19.3. The smallest absolute Gasteiger partial charge is 0.257 e. The number of aromatic nitrogens is 2. The molecular weight excluding hydrogens is 456 g/mol. The van der Waals surface area contributed by atoms with Gasteiger partial charge in [0.15, 0.2) is 5.13 Å². The summed E-state index contributed by atoms with van der Waals surface area (Å²) in [5, 5.41) is 10.8. The van der Waals surface area contributed by atoms with Crippen LogP contribution >= 0.6 is 22.7 Å². The summed E-state index contributed by atoms with van der Waals surface area (Å²) >= 11 is 2.94. The average molecular weight is 477 g/mol. The molecule has 4 aromatic rings. The highest BCUT2D eigenvalue weighted by atomic mass is 32.1. The summed E-state index contributed by atoms with van der Waals surface area (Å²) in [4.78, 5) is 32.9. The molecule has 4 rings (SSSR count). The van der Waals surface area contributed by atoms with Gasteiger partial charge < -0.3 is 10.1 Å². The summed E-state index contributed by atoms with van der Waals surface area (Å²) < 4.78 is 5.79. The Morgan fingerprint density at radius 2 is 1.94 bits per heavy atom. The number of hydrogen-bond donors (Lipinski definition) is 2. The van der Waals surface area contributed by atoms with E-state index in [0.29, 0.717) is 28.7 Å². The standard InChI is InChI=1S/C24H20N4O3S2/c1-16-26-20(15-33-16)14-31-21-4-2-3-17(13-21)5-10-22(29)27-19-8-6-18(7-9-19)23(30)28-24-25-11-12-32-24/h2-13,15H,14H2,1H3,(H,27,29)(H,25,28,30)/b10-5+. The van der Waals surface area contributed by atoms with Gasteiger partial charge in [-0.05, 0) is 55.0 Å². The van der Waals surface area contributed by atoms with Gasteiger partial charge in [0.2, 0.25) is 5.91 Å². The van der Waals surface area contributed by atoms with Gasteiger partial charge in [0.05, 0.1) is 10.7 Å². The van der Waals surface area contributed by atoms with Crippen molar-refractivity contribution in [3.63, 3.8) is 0 Å². The van der Waals surface area contributed by atoms with E-state index >= 15 is 0 Å². The van der Waals surface area contributed by atoms with Crippen LogP contribution in [-0.2, 0) is 11.4 Å². The van der Waals surface area contributed by atoms with E-state index in [1.54, 1.807) is 53.3 Å². The Morgan fingerprint density at radius 3 is 2.67 bits per heavy atom. The first kappa shape index (κ1) is 22.4. The number of nitrogens with zero attached hydrogens (tertiary/aromatic N) is 2. The van der Waals surface area contributed by atoms with Crippen molar-refractivity contribution in [2.24, 2.45) is 0 Å². The number of thiazole rings is 2. The lowest BCUT2D eigenvalue weighted by atomic mass is 10.2. The van der Waals surface area contributed by atoms with Crippen molar-refractivity contribution in [2.45, 2.75) is 13.5 Å². The van der Waals surface area contributed by atoms with Crippen LogP contribution in [0.5, 0.6) is 5.75 Å². The molecule has 2 aromatic carbocycles. The fourth-order valence-corrected chi connectivity index (χ4v) is 3.98. The van der Waals surface area contributed by atoms with E-state index in [9.17, 15) is 9.59 Å². The van der Waals surface area contributed by atoms with Crippen LogP contribution in [0, 0.1) is 6.92 Å². The molecule has 0 atom stereocenters. The van der Waals surface area contributed by atoms with Crippen LogP contribution in [0.25, 0.3) is 6.08 Å². The number of amides is 2. The summed E-state index contributed by atoms with van der Waals surface area (Å²) in [7, 11) is 0. The lowest BCUT2D eigenvalue weighted by Gasteiger charge is -2.06. The first-order valence-corrected chi connectivity index (χ1v) is 11.7. The summed E-state index contributed by atoms with van der Waals surface area (Å²) in [6.07, 6.45) is 4.79. The zero-order chi connectivity index (χ0) is 23.0. The Hall–Kier alpha value is -3.82. The van der Waals surface area contributed by atoms with E-state index in [1.807, 2.05) is 36.6 Å². The number of hydrogen-bond acceptors (Lipinski definition) is 7. The highest BCUT2D eigenvalue weighted by Crippen LogP contribution is 2.18.